The Bertz CT molecular complexity index is 850. The molecule has 0 spiro atoms. The SMILES string of the molecule is NCc1nc(C(=O)Nc2ccc3nc(C4CC4)oc3c2)cs1. The Morgan fingerprint density at radius 3 is 3.00 bits per heavy atom. The molecule has 7 heteroatoms. The van der Waals surface area contributed by atoms with Crippen LogP contribution in [-0.2, 0) is 6.54 Å². The summed E-state index contributed by atoms with van der Waals surface area (Å²) < 4.78 is 5.75. The molecule has 0 bridgehead atoms. The molecule has 1 aliphatic carbocycles. The van der Waals surface area contributed by atoms with Crippen molar-refractivity contribution in [1.29, 1.82) is 0 Å². The van der Waals surface area contributed by atoms with Crippen LogP contribution in [0.3, 0.4) is 0 Å². The van der Waals surface area contributed by atoms with Gasteiger partial charge in [0.25, 0.3) is 5.91 Å². The van der Waals surface area contributed by atoms with Crippen LogP contribution in [0.1, 0.15) is 40.1 Å². The summed E-state index contributed by atoms with van der Waals surface area (Å²) in [6, 6.07) is 5.46. The van der Waals surface area contributed by atoms with Crippen molar-refractivity contribution in [3.8, 4) is 0 Å². The van der Waals surface area contributed by atoms with E-state index in [-0.39, 0.29) is 5.91 Å². The van der Waals surface area contributed by atoms with Crippen LogP contribution in [0.2, 0.25) is 0 Å². The number of nitrogens with zero attached hydrogens (tertiary/aromatic N) is 2. The first kappa shape index (κ1) is 13.4. The Morgan fingerprint density at radius 1 is 1.41 bits per heavy atom. The van der Waals surface area contributed by atoms with Gasteiger partial charge < -0.3 is 15.5 Å². The number of hydrogen-bond acceptors (Lipinski definition) is 6. The standard InChI is InChI=1S/C15H14N4O2S/c16-6-13-18-11(7-22-13)14(20)17-9-3-4-10-12(5-9)21-15(19-10)8-1-2-8/h3-5,7-8H,1-2,6,16H2,(H,17,20). The van der Waals surface area contributed by atoms with Crippen LogP contribution in [0.5, 0.6) is 0 Å². The molecule has 22 heavy (non-hydrogen) atoms. The highest BCUT2D eigenvalue weighted by molar-refractivity contribution is 7.09. The zero-order valence-corrected chi connectivity index (χ0v) is 12.5. The molecule has 0 radical (unpaired) electrons. The van der Waals surface area contributed by atoms with E-state index in [4.69, 9.17) is 10.2 Å². The van der Waals surface area contributed by atoms with Gasteiger partial charge in [0.1, 0.15) is 16.2 Å². The maximum Gasteiger partial charge on any atom is 0.275 e. The molecule has 2 heterocycles. The molecule has 1 fully saturated rings. The molecular weight excluding hydrogens is 300 g/mol. The maximum absolute atomic E-state index is 12.1. The quantitative estimate of drug-likeness (QED) is 0.772. The van der Waals surface area contributed by atoms with Crippen molar-refractivity contribution in [2.24, 2.45) is 5.73 Å². The minimum Gasteiger partial charge on any atom is -0.440 e. The third-order valence-corrected chi connectivity index (χ3v) is 4.42. The van der Waals surface area contributed by atoms with Gasteiger partial charge in [-0.3, -0.25) is 4.79 Å². The van der Waals surface area contributed by atoms with Crippen LogP contribution < -0.4 is 11.1 Å². The number of anilines is 1. The number of rotatable bonds is 4. The molecule has 1 amide bonds. The zero-order valence-electron chi connectivity index (χ0n) is 11.7. The first-order valence-electron chi connectivity index (χ1n) is 7.09. The summed E-state index contributed by atoms with van der Waals surface area (Å²) in [5.41, 5.74) is 8.06. The Hall–Kier alpha value is -2.25. The van der Waals surface area contributed by atoms with Crippen LogP contribution in [0.25, 0.3) is 11.1 Å². The predicted molar refractivity (Wildman–Crippen MR) is 83.9 cm³/mol. The van der Waals surface area contributed by atoms with Gasteiger partial charge in [-0.1, -0.05) is 0 Å². The van der Waals surface area contributed by atoms with Crippen molar-refractivity contribution in [2.75, 3.05) is 5.32 Å². The molecule has 112 valence electrons. The van der Waals surface area contributed by atoms with E-state index in [0.717, 1.165) is 29.3 Å². The monoisotopic (exact) mass is 314 g/mol. The fourth-order valence-electron chi connectivity index (χ4n) is 2.23. The highest BCUT2D eigenvalue weighted by atomic mass is 32.1. The Kier molecular flexibility index (Phi) is 3.16. The van der Waals surface area contributed by atoms with E-state index in [1.54, 1.807) is 11.4 Å². The number of thiazole rings is 1. The second-order valence-electron chi connectivity index (χ2n) is 5.29. The minimum absolute atomic E-state index is 0.253. The number of nitrogens with two attached hydrogens (primary N) is 1. The average Bonchev–Trinajstić information content (AvgIpc) is 3.11. The minimum atomic E-state index is -0.253. The van der Waals surface area contributed by atoms with Crippen molar-refractivity contribution in [1.82, 2.24) is 9.97 Å². The zero-order chi connectivity index (χ0) is 15.1. The number of oxazole rings is 1. The summed E-state index contributed by atoms with van der Waals surface area (Å²) in [5.74, 6) is 1.01. The molecule has 4 rings (SSSR count). The number of carbonyl (C=O) groups excluding carboxylic acids is 1. The average molecular weight is 314 g/mol. The lowest BCUT2D eigenvalue weighted by Crippen LogP contribution is -2.12. The number of carbonyl (C=O) groups is 1. The van der Waals surface area contributed by atoms with E-state index in [9.17, 15) is 4.79 Å². The van der Waals surface area contributed by atoms with Crippen molar-refractivity contribution >= 4 is 34.0 Å². The lowest BCUT2D eigenvalue weighted by atomic mass is 10.3. The van der Waals surface area contributed by atoms with E-state index in [1.807, 2.05) is 12.1 Å². The van der Waals surface area contributed by atoms with Crippen molar-refractivity contribution in [2.45, 2.75) is 25.3 Å². The largest absolute Gasteiger partial charge is 0.440 e. The van der Waals surface area contributed by atoms with Crippen molar-refractivity contribution in [3.05, 3.63) is 40.2 Å². The van der Waals surface area contributed by atoms with Crippen molar-refractivity contribution in [3.63, 3.8) is 0 Å². The van der Waals surface area contributed by atoms with Crippen LogP contribution in [0, 0.1) is 0 Å². The number of aromatic nitrogens is 2. The number of amides is 1. The molecule has 6 nitrogen and oxygen atoms in total. The Balaban J connectivity index is 1.56. The summed E-state index contributed by atoms with van der Waals surface area (Å²) in [6.07, 6.45) is 2.29. The van der Waals surface area contributed by atoms with Gasteiger partial charge in [0.05, 0.1) is 0 Å². The van der Waals surface area contributed by atoms with Gasteiger partial charge in [-0.2, -0.15) is 0 Å². The molecule has 0 saturated heterocycles. The van der Waals surface area contributed by atoms with Crippen LogP contribution in [0.4, 0.5) is 5.69 Å². The molecule has 0 aliphatic heterocycles. The Labute approximate surface area is 130 Å². The van der Waals surface area contributed by atoms with E-state index >= 15 is 0 Å². The summed E-state index contributed by atoms with van der Waals surface area (Å²) in [6.45, 7) is 0.339. The Morgan fingerprint density at radius 2 is 2.27 bits per heavy atom. The first-order valence-corrected chi connectivity index (χ1v) is 7.97. The van der Waals surface area contributed by atoms with Gasteiger partial charge in [-0.05, 0) is 25.0 Å². The number of nitrogens with one attached hydrogen (secondary N) is 1. The molecule has 3 N–H and O–H groups in total. The number of hydrogen-bond donors (Lipinski definition) is 2. The normalized spacial score (nSPS) is 14.4. The summed E-state index contributed by atoms with van der Waals surface area (Å²) in [7, 11) is 0. The third-order valence-electron chi connectivity index (χ3n) is 3.55. The molecule has 0 atom stereocenters. The lowest BCUT2D eigenvalue weighted by Gasteiger charge is -2.02. The van der Waals surface area contributed by atoms with Gasteiger partial charge in [-0.15, -0.1) is 11.3 Å². The second kappa shape index (κ2) is 5.19. The first-order chi connectivity index (χ1) is 10.7. The van der Waals surface area contributed by atoms with Gasteiger partial charge in [0.15, 0.2) is 11.5 Å². The topological polar surface area (TPSA) is 94.0 Å². The van der Waals surface area contributed by atoms with Gasteiger partial charge in [0.2, 0.25) is 0 Å². The van der Waals surface area contributed by atoms with E-state index < -0.39 is 0 Å². The maximum atomic E-state index is 12.1. The van der Waals surface area contributed by atoms with E-state index in [1.165, 1.54) is 11.3 Å². The van der Waals surface area contributed by atoms with Gasteiger partial charge in [0, 0.05) is 29.6 Å². The second-order valence-corrected chi connectivity index (χ2v) is 6.24. The van der Waals surface area contributed by atoms with E-state index in [2.05, 4.69) is 15.3 Å². The highest BCUT2D eigenvalue weighted by Crippen LogP contribution is 2.40. The fraction of sp³-hybridized carbons (Fsp3) is 0.267. The third kappa shape index (κ3) is 2.49. The highest BCUT2D eigenvalue weighted by Gasteiger charge is 2.28. The van der Waals surface area contributed by atoms with Crippen molar-refractivity contribution < 1.29 is 9.21 Å². The van der Waals surface area contributed by atoms with Crippen LogP contribution in [-0.4, -0.2) is 15.9 Å². The van der Waals surface area contributed by atoms with Gasteiger partial charge in [-0.25, -0.2) is 9.97 Å². The smallest absolute Gasteiger partial charge is 0.275 e. The number of fused-ring (bicyclic) bond motifs is 1. The molecule has 1 aromatic carbocycles. The summed E-state index contributed by atoms with van der Waals surface area (Å²) >= 11 is 1.38. The molecule has 1 aliphatic rings. The number of benzene rings is 1. The van der Waals surface area contributed by atoms with E-state index in [0.29, 0.717) is 29.4 Å². The molecule has 2 aromatic heterocycles. The molecule has 3 aromatic rings. The molecular formula is C15H14N4O2S. The molecule has 1 saturated carbocycles. The van der Waals surface area contributed by atoms with Crippen LogP contribution >= 0.6 is 11.3 Å². The lowest BCUT2D eigenvalue weighted by molar-refractivity contribution is 0.102. The van der Waals surface area contributed by atoms with Gasteiger partial charge >= 0.3 is 0 Å². The molecule has 0 unspecified atom stereocenters. The summed E-state index contributed by atoms with van der Waals surface area (Å²) in [5, 5.41) is 5.26. The van der Waals surface area contributed by atoms with Crippen LogP contribution in [0.15, 0.2) is 28.0 Å². The summed E-state index contributed by atoms with van der Waals surface area (Å²) in [4.78, 5) is 20.8. The predicted octanol–water partition coefficient (Wildman–Crippen LogP) is 2.87. The fourth-order valence-corrected chi connectivity index (χ4v) is 2.88.